The molecule has 0 bridgehead atoms. The van der Waals surface area contributed by atoms with Crippen molar-refractivity contribution in [3.8, 4) is 0 Å². The fourth-order valence-corrected chi connectivity index (χ4v) is 5.78. The highest BCUT2D eigenvalue weighted by Gasteiger charge is 2.08. The van der Waals surface area contributed by atoms with Gasteiger partial charge in [-0.15, -0.1) is 11.6 Å². The second-order valence-electron chi connectivity index (χ2n) is 8.35. The number of hydrogen-bond donors (Lipinski definition) is 3. The standard InChI is InChI=1S/C27H35N7O3S4/c1-2-28-20-23(35)12-17-41-40-16-4-7-25(37)22-9-11-27(30-19-22)34-32-14-5-13-31-33-26-10-8-21(18-29-26)24(36)6-3-15-39-38/h2,8-11,13-14,18-19,38H,3-7,12,15-17,20H2,1H3,(H,29,33)(H,30,34)/b28-2?,31-13+,32-14+/i/hT. The summed E-state index contributed by atoms with van der Waals surface area (Å²) < 4.78 is 7.02. The first-order valence-electron chi connectivity index (χ1n) is 13.4. The Labute approximate surface area is 259 Å². The lowest BCUT2D eigenvalue weighted by Crippen LogP contribution is -2.03. The monoisotopic (exact) mass is 635 g/mol. The summed E-state index contributed by atoms with van der Waals surface area (Å²) in [5, 5.41) is 8.18. The van der Waals surface area contributed by atoms with Crippen molar-refractivity contribution >= 4 is 91.6 Å². The van der Waals surface area contributed by atoms with Gasteiger partial charge >= 0.3 is 0 Å². The molecular formula is C27H35N7O3S4. The number of anilines is 2. The van der Waals surface area contributed by atoms with Crippen LogP contribution >= 0.6 is 43.9 Å². The third-order valence-corrected chi connectivity index (χ3v) is 8.63. The van der Waals surface area contributed by atoms with Gasteiger partial charge in [0.05, 0.1) is 6.54 Å². The van der Waals surface area contributed by atoms with Crippen LogP contribution in [0.15, 0.2) is 51.9 Å². The van der Waals surface area contributed by atoms with Crippen LogP contribution in [0.25, 0.3) is 0 Å². The van der Waals surface area contributed by atoms with E-state index in [4.69, 9.17) is 1.12 Å². The van der Waals surface area contributed by atoms with Crippen LogP contribution in [-0.2, 0) is 4.79 Å². The van der Waals surface area contributed by atoms with E-state index in [1.165, 1.54) is 17.0 Å². The van der Waals surface area contributed by atoms with Crippen molar-refractivity contribution in [2.75, 3.05) is 34.7 Å². The fourth-order valence-electron chi connectivity index (χ4n) is 3.04. The highest BCUT2D eigenvalue weighted by Crippen LogP contribution is 2.23. The average molecular weight is 636 g/mol. The molecule has 0 saturated heterocycles. The maximum absolute atomic E-state index is 12.4. The van der Waals surface area contributed by atoms with Gasteiger partial charge in [0, 0.05) is 78.9 Å². The molecular weight excluding hydrogens is 599 g/mol. The Morgan fingerprint density at radius 3 is 2.00 bits per heavy atom. The van der Waals surface area contributed by atoms with E-state index in [0.717, 1.165) is 41.7 Å². The quantitative estimate of drug-likeness (QED) is 0.0319. The van der Waals surface area contributed by atoms with Crippen LogP contribution in [0.1, 0.15) is 66.2 Å². The highest BCUT2D eigenvalue weighted by molar-refractivity contribution is 8.76. The molecule has 2 heterocycles. The lowest BCUT2D eigenvalue weighted by Gasteiger charge is -2.03. The molecule has 0 atom stereocenters. The molecule has 0 aliphatic heterocycles. The zero-order valence-corrected chi connectivity index (χ0v) is 26.1. The second kappa shape index (κ2) is 22.0. The number of rotatable bonds is 23. The number of nitrogens with zero attached hydrogens (tertiary/aromatic N) is 5. The minimum absolute atomic E-state index is 0.0358. The van der Waals surface area contributed by atoms with Crippen LogP contribution in [0.2, 0.25) is 0 Å². The van der Waals surface area contributed by atoms with E-state index in [1.807, 2.05) is 0 Å². The van der Waals surface area contributed by atoms with Crippen LogP contribution < -0.4 is 10.9 Å². The van der Waals surface area contributed by atoms with Gasteiger partial charge in [0.1, 0.15) is 12.8 Å². The van der Waals surface area contributed by atoms with Crippen LogP contribution in [0.5, 0.6) is 0 Å². The average Bonchev–Trinajstić information content (AvgIpc) is 3.01. The summed E-state index contributed by atoms with van der Waals surface area (Å²) in [4.78, 5) is 48.5. The smallest absolute Gasteiger partial charge is 0.164 e. The molecule has 0 fully saturated rings. The van der Waals surface area contributed by atoms with E-state index >= 15 is 0 Å². The van der Waals surface area contributed by atoms with Gasteiger partial charge in [0.2, 0.25) is 0 Å². The number of carbonyl (C=O) groups excluding carboxylic acids is 3. The van der Waals surface area contributed by atoms with Gasteiger partial charge < -0.3 is 0 Å². The Morgan fingerprint density at radius 2 is 1.46 bits per heavy atom. The number of Topliss-reactive ketones (excluding diaryl/α,β-unsaturated/α-hetero) is 3. The molecule has 2 rings (SSSR count). The van der Waals surface area contributed by atoms with Gasteiger partial charge in [-0.3, -0.25) is 30.2 Å². The number of aromatic nitrogens is 2. The molecule has 220 valence electrons. The van der Waals surface area contributed by atoms with E-state index in [2.05, 4.69) is 36.0 Å². The topological polar surface area (TPSA) is 138 Å². The Bertz CT molecular complexity index is 1180. The molecule has 10 nitrogen and oxygen atoms in total. The molecule has 0 unspecified atom stereocenters. The van der Waals surface area contributed by atoms with E-state index in [1.54, 1.807) is 77.6 Å². The predicted octanol–water partition coefficient (Wildman–Crippen LogP) is 6.30. The van der Waals surface area contributed by atoms with Gasteiger partial charge in [-0.05, 0) is 50.2 Å². The lowest BCUT2D eigenvalue weighted by atomic mass is 10.1. The van der Waals surface area contributed by atoms with Gasteiger partial charge in [-0.1, -0.05) is 32.4 Å². The SMILES string of the molecule is [3H]SSCCCC(=O)c1ccc(N/N=C/C/C=N/Nc2ccc(C(=O)CCCSSCCC(=O)CN=CC)cn2)nc1. The molecule has 0 aliphatic carbocycles. The summed E-state index contributed by atoms with van der Waals surface area (Å²) in [7, 11) is 4.75. The first-order valence-corrected chi connectivity index (χ1v) is 17.4. The molecule has 2 N–H and O–H groups in total. The summed E-state index contributed by atoms with van der Waals surface area (Å²) in [5.41, 5.74) is 6.75. The molecule has 2 aromatic heterocycles. The highest BCUT2D eigenvalue weighted by atomic mass is 33.1. The number of pyridine rings is 2. The van der Waals surface area contributed by atoms with Crippen molar-refractivity contribution < 1.29 is 14.4 Å². The van der Waals surface area contributed by atoms with Crippen LogP contribution in [0.4, 0.5) is 11.6 Å². The number of carbonyl (C=O) groups is 3. The summed E-state index contributed by atoms with van der Waals surface area (Å²) >= 11 is 0.958. The molecule has 41 heavy (non-hydrogen) atoms. The van der Waals surface area contributed by atoms with Crippen molar-refractivity contribution in [2.24, 2.45) is 15.2 Å². The van der Waals surface area contributed by atoms with E-state index in [-0.39, 0.29) is 23.9 Å². The van der Waals surface area contributed by atoms with Crippen molar-refractivity contribution in [1.29, 1.82) is 1.12 Å². The van der Waals surface area contributed by atoms with Gasteiger partial charge in [0.15, 0.2) is 17.3 Å². The summed E-state index contributed by atoms with van der Waals surface area (Å²) in [5.74, 6) is 3.65. The normalized spacial score (nSPS) is 11.8. The van der Waals surface area contributed by atoms with E-state index in [9.17, 15) is 14.4 Å². The predicted molar refractivity (Wildman–Crippen MR) is 179 cm³/mol. The first kappa shape index (κ1) is 32.8. The molecule has 0 radical (unpaired) electrons. The number of ketones is 3. The van der Waals surface area contributed by atoms with Crippen LogP contribution in [0, 0.1) is 0 Å². The molecule has 0 aliphatic rings. The van der Waals surface area contributed by atoms with Crippen molar-refractivity contribution in [3.05, 3.63) is 47.8 Å². The summed E-state index contributed by atoms with van der Waals surface area (Å²) in [6.45, 7) is 2.06. The minimum atomic E-state index is 0.0358. The van der Waals surface area contributed by atoms with Gasteiger partial charge in [-0.2, -0.15) is 10.2 Å². The first-order chi connectivity index (χ1) is 20.5. The summed E-state index contributed by atoms with van der Waals surface area (Å²) in [6.07, 6.45) is 11.3. The van der Waals surface area contributed by atoms with Crippen molar-refractivity contribution in [3.63, 3.8) is 0 Å². The Balaban J connectivity index is 1.58. The third-order valence-electron chi connectivity index (χ3n) is 5.18. The number of thiol groups is 1. The van der Waals surface area contributed by atoms with Crippen molar-refractivity contribution in [1.82, 2.24) is 9.97 Å². The molecule has 0 spiro atoms. The molecule has 14 heteroatoms. The fraction of sp³-hybridized carbons (Fsp3) is 0.407. The lowest BCUT2D eigenvalue weighted by molar-refractivity contribution is -0.117. The molecule has 0 amide bonds. The largest absolute Gasteiger partial charge is 0.298 e. The zero-order valence-electron chi connectivity index (χ0n) is 23.9. The van der Waals surface area contributed by atoms with Crippen LogP contribution in [-0.4, -0.2) is 70.9 Å². The second-order valence-corrected chi connectivity index (χ2v) is 12.4. The maximum atomic E-state index is 12.4. The third kappa shape index (κ3) is 15.8. The minimum Gasteiger partial charge on any atom is -0.298 e. The molecule has 0 aromatic carbocycles. The number of hydrazone groups is 2. The maximum Gasteiger partial charge on any atom is 0.164 e. The van der Waals surface area contributed by atoms with Crippen molar-refractivity contribution in [2.45, 2.75) is 45.4 Å². The molecule has 2 aromatic rings. The van der Waals surface area contributed by atoms with E-state index in [0.29, 0.717) is 48.4 Å². The van der Waals surface area contributed by atoms with E-state index < -0.39 is 0 Å². The number of aliphatic imine (C=N–C) groups is 1. The number of nitrogens with one attached hydrogen (secondary N) is 2. The Morgan fingerprint density at radius 1 is 0.878 bits per heavy atom. The Kier molecular flexibility index (Phi) is 17.6. The summed E-state index contributed by atoms with van der Waals surface area (Å²) in [6, 6.07) is 6.86. The van der Waals surface area contributed by atoms with Gasteiger partial charge in [0.25, 0.3) is 0 Å². The molecule has 0 saturated carbocycles. The van der Waals surface area contributed by atoms with Crippen LogP contribution in [0.3, 0.4) is 0 Å². The number of hydrogen-bond acceptors (Lipinski definition) is 14. The van der Waals surface area contributed by atoms with Gasteiger partial charge in [-0.25, -0.2) is 9.97 Å². The Hall–Kier alpha value is -2.68. The zero-order chi connectivity index (χ0) is 30.3.